The molecule has 0 aliphatic heterocycles. The number of hydrogen-bond acceptors (Lipinski definition) is 3. The number of halogens is 3. The fourth-order valence-corrected chi connectivity index (χ4v) is 1.35. The van der Waals surface area contributed by atoms with Crippen LogP contribution < -0.4 is 0 Å². The van der Waals surface area contributed by atoms with E-state index in [1.165, 1.54) is 18.3 Å². The van der Waals surface area contributed by atoms with Crippen molar-refractivity contribution in [1.82, 2.24) is 9.88 Å². The van der Waals surface area contributed by atoms with E-state index in [4.69, 9.17) is 5.11 Å². The first-order valence-corrected chi connectivity index (χ1v) is 5.71. The predicted molar refractivity (Wildman–Crippen MR) is 65.8 cm³/mol. The lowest BCUT2D eigenvalue weighted by molar-refractivity contribution is -0.138. The summed E-state index contributed by atoms with van der Waals surface area (Å²) in [4.78, 5) is 16.0. The van der Waals surface area contributed by atoms with Crippen LogP contribution in [0.25, 0.3) is 0 Å². The highest BCUT2D eigenvalue weighted by molar-refractivity contribution is 5.92. The number of aliphatic hydroxyl groups is 1. The summed E-state index contributed by atoms with van der Waals surface area (Å²) < 4.78 is 36.5. The van der Waals surface area contributed by atoms with Crippen LogP contribution in [0.2, 0.25) is 0 Å². The van der Waals surface area contributed by atoms with Crippen LogP contribution in [-0.4, -0.2) is 47.3 Å². The topological polar surface area (TPSA) is 53.4 Å². The van der Waals surface area contributed by atoms with Crippen LogP contribution in [0.3, 0.4) is 0 Å². The summed E-state index contributed by atoms with van der Waals surface area (Å²) in [6.45, 7) is -1.38. The number of carbonyl (C=O) groups is 1. The Labute approximate surface area is 114 Å². The first kappa shape index (κ1) is 16.0. The molecule has 0 fully saturated rings. The molecule has 4 nitrogen and oxygen atoms in total. The van der Waals surface area contributed by atoms with Crippen molar-refractivity contribution in [2.75, 3.05) is 20.2 Å². The van der Waals surface area contributed by atoms with Gasteiger partial charge >= 0.3 is 6.18 Å². The first-order valence-electron chi connectivity index (χ1n) is 5.71. The monoisotopic (exact) mass is 286 g/mol. The standard InChI is InChI=1S/C13H13F3N2O2/c1-18(9-13(14,15)16)12(20)11-6-5-10(8-17-11)4-2-3-7-19/h5-6,8,19H,3,7,9H2,1H3. The minimum Gasteiger partial charge on any atom is -0.395 e. The summed E-state index contributed by atoms with van der Waals surface area (Å²) in [5.74, 6) is 4.56. The van der Waals surface area contributed by atoms with Crippen LogP contribution in [0, 0.1) is 11.8 Å². The van der Waals surface area contributed by atoms with Crippen molar-refractivity contribution in [2.45, 2.75) is 12.6 Å². The van der Waals surface area contributed by atoms with Crippen LogP contribution in [-0.2, 0) is 0 Å². The van der Waals surface area contributed by atoms with Gasteiger partial charge in [0.2, 0.25) is 0 Å². The van der Waals surface area contributed by atoms with E-state index in [0.717, 1.165) is 7.05 Å². The van der Waals surface area contributed by atoms with E-state index in [2.05, 4.69) is 16.8 Å². The number of aromatic nitrogens is 1. The van der Waals surface area contributed by atoms with Gasteiger partial charge in [-0.2, -0.15) is 13.2 Å². The fraction of sp³-hybridized carbons (Fsp3) is 0.385. The Balaban J connectivity index is 2.74. The molecule has 0 saturated heterocycles. The second-order valence-electron chi connectivity index (χ2n) is 3.98. The van der Waals surface area contributed by atoms with Gasteiger partial charge in [-0.15, -0.1) is 0 Å². The van der Waals surface area contributed by atoms with Crippen LogP contribution in [0.15, 0.2) is 18.3 Å². The maximum absolute atomic E-state index is 12.2. The molecule has 1 heterocycles. The Hall–Kier alpha value is -2.07. The maximum atomic E-state index is 12.2. The number of amides is 1. The molecule has 0 aliphatic carbocycles. The van der Waals surface area contributed by atoms with E-state index in [9.17, 15) is 18.0 Å². The lowest BCUT2D eigenvalue weighted by atomic mass is 10.2. The highest BCUT2D eigenvalue weighted by Gasteiger charge is 2.31. The van der Waals surface area contributed by atoms with Gasteiger partial charge in [0, 0.05) is 25.2 Å². The second-order valence-corrected chi connectivity index (χ2v) is 3.98. The van der Waals surface area contributed by atoms with Gasteiger partial charge in [0.15, 0.2) is 0 Å². The Morgan fingerprint density at radius 2 is 2.15 bits per heavy atom. The average Bonchev–Trinajstić information content (AvgIpc) is 2.37. The molecule has 0 saturated carbocycles. The van der Waals surface area contributed by atoms with Gasteiger partial charge in [-0.1, -0.05) is 11.8 Å². The predicted octanol–water partition coefficient (Wildman–Crippen LogP) is 1.45. The Kier molecular flexibility index (Phi) is 5.53. The zero-order valence-electron chi connectivity index (χ0n) is 10.7. The number of nitrogens with zero attached hydrogens (tertiary/aromatic N) is 2. The largest absolute Gasteiger partial charge is 0.406 e. The van der Waals surface area contributed by atoms with Gasteiger partial charge in [-0.3, -0.25) is 4.79 Å². The Morgan fingerprint density at radius 3 is 2.65 bits per heavy atom. The third-order valence-corrected chi connectivity index (χ3v) is 2.22. The normalized spacial score (nSPS) is 10.7. The third kappa shape index (κ3) is 5.28. The minimum absolute atomic E-state index is 0.0563. The molecule has 0 atom stereocenters. The molecule has 1 aromatic heterocycles. The van der Waals surface area contributed by atoms with Crippen molar-refractivity contribution in [2.24, 2.45) is 0 Å². The first-order chi connectivity index (χ1) is 9.33. The van der Waals surface area contributed by atoms with Crippen molar-refractivity contribution < 1.29 is 23.1 Å². The Morgan fingerprint density at radius 1 is 1.45 bits per heavy atom. The minimum atomic E-state index is -4.44. The summed E-state index contributed by atoms with van der Waals surface area (Å²) in [5.41, 5.74) is 0.443. The molecule has 108 valence electrons. The quantitative estimate of drug-likeness (QED) is 0.856. The van der Waals surface area contributed by atoms with E-state index >= 15 is 0 Å². The van der Waals surface area contributed by atoms with E-state index in [1.807, 2.05) is 0 Å². The van der Waals surface area contributed by atoms with E-state index < -0.39 is 18.6 Å². The number of pyridine rings is 1. The summed E-state index contributed by atoms with van der Waals surface area (Å²) in [7, 11) is 1.06. The van der Waals surface area contributed by atoms with Crippen LogP contribution in [0.1, 0.15) is 22.5 Å². The number of aliphatic hydroxyl groups excluding tert-OH is 1. The number of hydrogen-bond donors (Lipinski definition) is 1. The molecule has 1 N–H and O–H groups in total. The molecule has 0 spiro atoms. The van der Waals surface area contributed by atoms with Gasteiger partial charge in [-0.25, -0.2) is 4.98 Å². The molecule has 0 aromatic carbocycles. The van der Waals surface area contributed by atoms with Gasteiger partial charge in [0.05, 0.1) is 6.61 Å². The smallest absolute Gasteiger partial charge is 0.395 e. The lowest BCUT2D eigenvalue weighted by Crippen LogP contribution is -2.36. The van der Waals surface area contributed by atoms with Crippen molar-refractivity contribution in [3.05, 3.63) is 29.6 Å². The van der Waals surface area contributed by atoms with E-state index in [0.29, 0.717) is 16.9 Å². The Bertz CT molecular complexity index is 515. The third-order valence-electron chi connectivity index (χ3n) is 2.22. The zero-order valence-corrected chi connectivity index (χ0v) is 10.7. The summed E-state index contributed by atoms with van der Waals surface area (Å²) in [6, 6.07) is 2.81. The number of alkyl halides is 3. The van der Waals surface area contributed by atoms with Crippen molar-refractivity contribution in [3.63, 3.8) is 0 Å². The molecule has 20 heavy (non-hydrogen) atoms. The van der Waals surface area contributed by atoms with E-state index in [1.54, 1.807) is 0 Å². The maximum Gasteiger partial charge on any atom is 0.406 e. The summed E-state index contributed by atoms with van der Waals surface area (Å²) in [6.07, 6.45) is -2.83. The van der Waals surface area contributed by atoms with Crippen molar-refractivity contribution in [1.29, 1.82) is 0 Å². The van der Waals surface area contributed by atoms with Gasteiger partial charge in [0.1, 0.15) is 12.2 Å². The van der Waals surface area contributed by atoms with Crippen LogP contribution in [0.5, 0.6) is 0 Å². The van der Waals surface area contributed by atoms with Gasteiger partial charge in [-0.05, 0) is 12.1 Å². The zero-order chi connectivity index (χ0) is 15.2. The lowest BCUT2D eigenvalue weighted by Gasteiger charge is -2.18. The number of carbonyl (C=O) groups excluding carboxylic acids is 1. The molecule has 7 heteroatoms. The highest BCUT2D eigenvalue weighted by atomic mass is 19.4. The molecular formula is C13H13F3N2O2. The fourth-order valence-electron chi connectivity index (χ4n) is 1.35. The van der Waals surface area contributed by atoms with Crippen LogP contribution >= 0.6 is 0 Å². The molecule has 0 bridgehead atoms. The second kappa shape index (κ2) is 6.91. The number of rotatable bonds is 3. The molecular weight excluding hydrogens is 273 g/mol. The van der Waals surface area contributed by atoms with E-state index in [-0.39, 0.29) is 12.3 Å². The van der Waals surface area contributed by atoms with Crippen LogP contribution in [0.4, 0.5) is 13.2 Å². The highest BCUT2D eigenvalue weighted by Crippen LogP contribution is 2.16. The average molecular weight is 286 g/mol. The molecule has 0 unspecified atom stereocenters. The molecule has 1 rings (SSSR count). The SMILES string of the molecule is CN(CC(F)(F)F)C(=O)c1ccc(C#CCCO)cn1. The molecule has 1 aromatic rings. The summed E-state index contributed by atoms with van der Waals surface area (Å²) in [5, 5.41) is 8.55. The van der Waals surface area contributed by atoms with Crippen molar-refractivity contribution in [3.8, 4) is 11.8 Å². The van der Waals surface area contributed by atoms with Gasteiger partial charge < -0.3 is 10.0 Å². The summed E-state index contributed by atoms with van der Waals surface area (Å²) >= 11 is 0. The van der Waals surface area contributed by atoms with Gasteiger partial charge in [0.25, 0.3) is 5.91 Å². The molecule has 0 aliphatic rings. The van der Waals surface area contributed by atoms with Crippen molar-refractivity contribution >= 4 is 5.91 Å². The molecule has 0 radical (unpaired) electrons. The molecule has 1 amide bonds.